The van der Waals surface area contributed by atoms with E-state index in [4.69, 9.17) is 0 Å². The second-order valence-electron chi connectivity index (χ2n) is 6.07. The van der Waals surface area contributed by atoms with Gasteiger partial charge in [-0.15, -0.1) is 0 Å². The molecule has 0 saturated carbocycles. The number of para-hydroxylation sites is 2. The zero-order valence-corrected chi connectivity index (χ0v) is 13.8. The lowest BCUT2D eigenvalue weighted by Gasteiger charge is -2.36. The Hall–Kier alpha value is -2.70. The Morgan fingerprint density at radius 3 is 2.71 bits per heavy atom. The lowest BCUT2D eigenvalue weighted by Crippen LogP contribution is -2.53. The van der Waals surface area contributed by atoms with E-state index in [1.807, 2.05) is 40.8 Å². The van der Waals surface area contributed by atoms with Crippen LogP contribution in [0.25, 0.3) is 0 Å². The molecule has 1 atom stereocenters. The van der Waals surface area contributed by atoms with Gasteiger partial charge in [0.25, 0.3) is 0 Å². The molecule has 2 aromatic rings. The maximum absolute atomic E-state index is 12.4. The fourth-order valence-electron chi connectivity index (χ4n) is 2.94. The van der Waals surface area contributed by atoms with Crippen molar-refractivity contribution in [2.75, 3.05) is 31.1 Å². The number of phenolic OH excluding ortho intramolecular Hbond substituents is 1. The molecule has 7 heteroatoms. The molecule has 1 fully saturated rings. The summed E-state index contributed by atoms with van der Waals surface area (Å²) < 4.78 is 1.95. The van der Waals surface area contributed by atoms with Gasteiger partial charge in [-0.3, -0.25) is 0 Å². The van der Waals surface area contributed by atoms with Crippen LogP contribution < -0.4 is 10.2 Å². The number of urea groups is 1. The molecule has 128 valence electrons. The molecule has 0 unspecified atom stereocenters. The number of rotatable bonds is 4. The largest absolute Gasteiger partial charge is 0.506 e. The van der Waals surface area contributed by atoms with E-state index in [9.17, 15) is 9.90 Å². The summed E-state index contributed by atoms with van der Waals surface area (Å²) in [4.78, 5) is 20.3. The third kappa shape index (κ3) is 3.79. The summed E-state index contributed by atoms with van der Waals surface area (Å²) in [7, 11) is 0. The lowest BCUT2D eigenvalue weighted by molar-refractivity contribution is 0.190. The maximum atomic E-state index is 12.4. The van der Waals surface area contributed by atoms with Crippen molar-refractivity contribution < 1.29 is 9.90 Å². The average molecular weight is 329 g/mol. The zero-order valence-electron chi connectivity index (χ0n) is 13.8. The molecule has 2 heterocycles. The summed E-state index contributed by atoms with van der Waals surface area (Å²) >= 11 is 0. The van der Waals surface area contributed by atoms with Gasteiger partial charge in [0.2, 0.25) is 0 Å². The van der Waals surface area contributed by atoms with E-state index < -0.39 is 0 Å². The summed E-state index contributed by atoms with van der Waals surface area (Å²) in [6, 6.07) is 7.29. The molecule has 0 spiro atoms. The molecule has 1 saturated heterocycles. The van der Waals surface area contributed by atoms with Gasteiger partial charge in [-0.1, -0.05) is 12.1 Å². The highest BCUT2D eigenvalue weighted by molar-refractivity contribution is 5.75. The first-order valence-corrected chi connectivity index (χ1v) is 8.17. The van der Waals surface area contributed by atoms with E-state index in [0.29, 0.717) is 32.7 Å². The number of phenols is 1. The number of benzene rings is 1. The van der Waals surface area contributed by atoms with Crippen molar-refractivity contribution in [1.82, 2.24) is 19.8 Å². The summed E-state index contributed by atoms with van der Waals surface area (Å²) in [6.45, 7) is 5.37. The third-order valence-electron chi connectivity index (χ3n) is 4.20. The van der Waals surface area contributed by atoms with Crippen LogP contribution in [0.5, 0.6) is 5.75 Å². The van der Waals surface area contributed by atoms with Crippen LogP contribution in [0.3, 0.4) is 0 Å². The van der Waals surface area contributed by atoms with Crippen LogP contribution in [0.1, 0.15) is 6.92 Å². The molecule has 1 aliphatic heterocycles. The highest BCUT2D eigenvalue weighted by Gasteiger charge is 2.23. The molecule has 0 aliphatic carbocycles. The van der Waals surface area contributed by atoms with Crippen LogP contribution >= 0.6 is 0 Å². The predicted octanol–water partition coefficient (Wildman–Crippen LogP) is 1.51. The third-order valence-corrected chi connectivity index (χ3v) is 4.20. The van der Waals surface area contributed by atoms with Crippen LogP contribution in [0.4, 0.5) is 10.5 Å². The topological polar surface area (TPSA) is 73.6 Å². The number of piperazine rings is 1. The number of nitrogens with one attached hydrogen (secondary N) is 1. The number of hydrogen-bond donors (Lipinski definition) is 2. The van der Waals surface area contributed by atoms with E-state index >= 15 is 0 Å². The minimum absolute atomic E-state index is 0.0305. The van der Waals surface area contributed by atoms with Crippen LogP contribution in [0.2, 0.25) is 0 Å². The molecule has 1 aliphatic rings. The molecule has 3 rings (SSSR count). The van der Waals surface area contributed by atoms with Gasteiger partial charge in [0.15, 0.2) is 0 Å². The summed E-state index contributed by atoms with van der Waals surface area (Å²) in [5.41, 5.74) is 0.825. The first kappa shape index (κ1) is 16.2. The van der Waals surface area contributed by atoms with Crippen molar-refractivity contribution in [1.29, 1.82) is 0 Å². The number of aromatic nitrogens is 2. The monoisotopic (exact) mass is 329 g/mol. The molecule has 24 heavy (non-hydrogen) atoms. The van der Waals surface area contributed by atoms with Gasteiger partial charge in [0, 0.05) is 51.2 Å². The molecular weight excluding hydrogens is 306 g/mol. The van der Waals surface area contributed by atoms with Gasteiger partial charge in [0.1, 0.15) is 5.75 Å². The number of nitrogens with zero attached hydrogens (tertiary/aromatic N) is 4. The Bertz CT molecular complexity index is 665. The Morgan fingerprint density at radius 2 is 2.04 bits per heavy atom. The summed E-state index contributed by atoms with van der Waals surface area (Å²) in [5.74, 6) is 0.282. The number of imidazole rings is 1. The van der Waals surface area contributed by atoms with Gasteiger partial charge in [0.05, 0.1) is 12.0 Å². The van der Waals surface area contributed by atoms with Crippen LogP contribution in [0, 0.1) is 0 Å². The molecule has 1 aromatic heterocycles. The summed E-state index contributed by atoms with van der Waals surface area (Å²) in [6.07, 6.45) is 5.36. The predicted molar refractivity (Wildman–Crippen MR) is 92.1 cm³/mol. The smallest absolute Gasteiger partial charge is 0.317 e. The molecule has 1 aromatic carbocycles. The van der Waals surface area contributed by atoms with Crippen LogP contribution in [-0.2, 0) is 6.54 Å². The average Bonchev–Trinajstić information content (AvgIpc) is 3.08. The van der Waals surface area contributed by atoms with Crippen molar-refractivity contribution in [3.63, 3.8) is 0 Å². The number of anilines is 1. The molecule has 0 bridgehead atoms. The minimum atomic E-state index is -0.0421. The molecule has 7 nitrogen and oxygen atoms in total. The number of amides is 2. The van der Waals surface area contributed by atoms with Crippen molar-refractivity contribution in [2.24, 2.45) is 0 Å². The van der Waals surface area contributed by atoms with Crippen molar-refractivity contribution >= 4 is 11.7 Å². The number of hydrogen-bond acceptors (Lipinski definition) is 4. The lowest BCUT2D eigenvalue weighted by atomic mass is 10.2. The Kier molecular flexibility index (Phi) is 4.88. The normalized spacial score (nSPS) is 16.0. The second kappa shape index (κ2) is 7.25. The standard InChI is InChI=1S/C17H23N5O2/c1-14(12-20-7-6-18-13-20)19-17(24)22-10-8-21(9-11-22)15-4-2-3-5-16(15)23/h2-7,13-14,23H,8-12H2,1H3,(H,19,24)/t14-/m0/s1. The zero-order chi connectivity index (χ0) is 16.9. The van der Waals surface area contributed by atoms with E-state index in [1.165, 1.54) is 0 Å². The highest BCUT2D eigenvalue weighted by atomic mass is 16.3. The fraction of sp³-hybridized carbons (Fsp3) is 0.412. The number of aromatic hydroxyl groups is 1. The van der Waals surface area contributed by atoms with Gasteiger partial charge in [-0.2, -0.15) is 0 Å². The number of carbonyl (C=O) groups excluding carboxylic acids is 1. The highest BCUT2D eigenvalue weighted by Crippen LogP contribution is 2.27. The minimum Gasteiger partial charge on any atom is -0.506 e. The van der Waals surface area contributed by atoms with E-state index in [2.05, 4.69) is 15.2 Å². The SMILES string of the molecule is C[C@@H](Cn1ccnc1)NC(=O)N1CCN(c2ccccc2O)CC1. The van der Waals surface area contributed by atoms with Gasteiger partial charge < -0.3 is 24.8 Å². The van der Waals surface area contributed by atoms with Crippen LogP contribution in [0.15, 0.2) is 43.0 Å². The quantitative estimate of drug-likeness (QED) is 0.892. The van der Waals surface area contributed by atoms with Gasteiger partial charge >= 0.3 is 6.03 Å². The van der Waals surface area contributed by atoms with Gasteiger partial charge in [-0.05, 0) is 19.1 Å². The Balaban J connectivity index is 1.49. The fourth-order valence-corrected chi connectivity index (χ4v) is 2.94. The maximum Gasteiger partial charge on any atom is 0.317 e. The first-order chi connectivity index (χ1) is 11.6. The summed E-state index contributed by atoms with van der Waals surface area (Å²) in [5, 5.41) is 13.0. The van der Waals surface area contributed by atoms with E-state index in [-0.39, 0.29) is 17.8 Å². The molecular formula is C17H23N5O2. The van der Waals surface area contributed by atoms with Crippen molar-refractivity contribution in [2.45, 2.75) is 19.5 Å². The van der Waals surface area contributed by atoms with Gasteiger partial charge in [-0.25, -0.2) is 9.78 Å². The van der Waals surface area contributed by atoms with Crippen molar-refractivity contribution in [3.05, 3.63) is 43.0 Å². The Morgan fingerprint density at radius 1 is 1.29 bits per heavy atom. The first-order valence-electron chi connectivity index (χ1n) is 8.17. The second-order valence-corrected chi connectivity index (χ2v) is 6.07. The molecule has 0 radical (unpaired) electrons. The number of carbonyl (C=O) groups is 1. The van der Waals surface area contributed by atoms with E-state index in [0.717, 1.165) is 5.69 Å². The van der Waals surface area contributed by atoms with Crippen molar-refractivity contribution in [3.8, 4) is 5.75 Å². The molecule has 2 N–H and O–H groups in total. The Labute approximate surface area is 141 Å². The van der Waals surface area contributed by atoms with Crippen LogP contribution in [-0.4, -0.2) is 57.8 Å². The molecule has 2 amide bonds. The van der Waals surface area contributed by atoms with E-state index in [1.54, 1.807) is 18.6 Å².